The van der Waals surface area contributed by atoms with Gasteiger partial charge in [-0.15, -0.1) is 0 Å². The second-order valence-electron chi connectivity index (χ2n) is 8.42. The van der Waals surface area contributed by atoms with Crippen LogP contribution in [-0.4, -0.2) is 69.0 Å². The van der Waals surface area contributed by atoms with Crippen LogP contribution in [0, 0.1) is 0 Å². The zero-order valence-electron chi connectivity index (χ0n) is 19.1. The molecule has 2 aromatic carbocycles. The minimum atomic E-state index is -3.66. The molecule has 2 aliphatic rings. The summed E-state index contributed by atoms with van der Waals surface area (Å²) in [7, 11) is -3.66. The predicted octanol–water partition coefficient (Wildman–Crippen LogP) is 2.42. The Morgan fingerprint density at radius 2 is 1.61 bits per heavy atom. The average Bonchev–Trinajstić information content (AvgIpc) is 3.09. The van der Waals surface area contributed by atoms with Gasteiger partial charge >= 0.3 is 0 Å². The number of piperazine rings is 1. The Balaban J connectivity index is 1.36. The number of benzene rings is 2. The van der Waals surface area contributed by atoms with Gasteiger partial charge in [0, 0.05) is 38.7 Å². The number of hydrogen-bond acceptors (Lipinski definition) is 6. The summed E-state index contributed by atoms with van der Waals surface area (Å²) in [6.45, 7) is 6.48. The molecule has 1 saturated heterocycles. The minimum Gasteiger partial charge on any atom is -0.490 e. The number of rotatable bonds is 6. The van der Waals surface area contributed by atoms with Crippen LogP contribution in [0.15, 0.2) is 53.4 Å². The summed E-state index contributed by atoms with van der Waals surface area (Å²) in [5, 5.41) is 3.06. The van der Waals surface area contributed by atoms with Crippen molar-refractivity contribution in [2.45, 2.75) is 37.2 Å². The Bertz CT molecular complexity index is 1070. The number of sulfonamides is 1. The third-order valence-corrected chi connectivity index (χ3v) is 8.11. The molecule has 2 atom stereocenters. The van der Waals surface area contributed by atoms with Gasteiger partial charge in [-0.25, -0.2) is 8.42 Å². The molecule has 4 rings (SSSR count). The summed E-state index contributed by atoms with van der Waals surface area (Å²) in [6, 6.07) is 14.1. The van der Waals surface area contributed by atoms with E-state index in [0.29, 0.717) is 50.9 Å². The van der Waals surface area contributed by atoms with Crippen molar-refractivity contribution >= 4 is 15.9 Å². The lowest BCUT2D eigenvalue weighted by molar-refractivity contribution is -0.127. The highest BCUT2D eigenvalue weighted by Gasteiger charge is 2.32. The Hall–Kier alpha value is -2.62. The number of nitrogens with one attached hydrogen (secondary N) is 1. The van der Waals surface area contributed by atoms with Gasteiger partial charge in [0.1, 0.15) is 0 Å². The van der Waals surface area contributed by atoms with E-state index in [1.165, 1.54) is 4.31 Å². The van der Waals surface area contributed by atoms with E-state index in [0.717, 1.165) is 12.0 Å². The van der Waals surface area contributed by atoms with Crippen LogP contribution in [0.2, 0.25) is 0 Å². The van der Waals surface area contributed by atoms with Crippen LogP contribution >= 0.6 is 0 Å². The van der Waals surface area contributed by atoms with Gasteiger partial charge in [0.05, 0.1) is 30.2 Å². The third kappa shape index (κ3) is 5.31. The molecule has 0 spiro atoms. The van der Waals surface area contributed by atoms with Crippen molar-refractivity contribution in [2.75, 3.05) is 39.4 Å². The standard InChI is InChI=1S/C24H31N3O5S/c1-18(20-7-4-3-5-8-20)25-24(28)19(2)26-11-13-27(14-12-26)33(29,30)21-9-10-22-23(17-21)32-16-6-15-31-22/h3-5,7-10,17-19H,6,11-16H2,1-2H3,(H,25,28)/t18-,19+/m1/s1. The normalized spacial score (nSPS) is 19.3. The summed E-state index contributed by atoms with van der Waals surface area (Å²) >= 11 is 0. The van der Waals surface area contributed by atoms with Crippen molar-refractivity contribution in [1.29, 1.82) is 0 Å². The van der Waals surface area contributed by atoms with E-state index in [4.69, 9.17) is 9.47 Å². The Morgan fingerprint density at radius 1 is 0.939 bits per heavy atom. The van der Waals surface area contributed by atoms with Crippen molar-refractivity contribution < 1.29 is 22.7 Å². The van der Waals surface area contributed by atoms with Crippen LogP contribution in [0.4, 0.5) is 0 Å². The first-order chi connectivity index (χ1) is 15.9. The lowest BCUT2D eigenvalue weighted by Gasteiger charge is -2.37. The van der Waals surface area contributed by atoms with Gasteiger partial charge in [-0.1, -0.05) is 30.3 Å². The fraction of sp³-hybridized carbons (Fsp3) is 0.458. The summed E-state index contributed by atoms with van der Waals surface area (Å²) in [4.78, 5) is 15.0. The highest BCUT2D eigenvalue weighted by atomic mass is 32.2. The van der Waals surface area contributed by atoms with Crippen LogP contribution in [0.5, 0.6) is 11.5 Å². The molecule has 0 saturated carbocycles. The second kappa shape index (κ2) is 10.1. The van der Waals surface area contributed by atoms with Crippen LogP contribution < -0.4 is 14.8 Å². The summed E-state index contributed by atoms with van der Waals surface area (Å²) in [5.41, 5.74) is 1.05. The molecule has 1 N–H and O–H groups in total. The molecule has 9 heteroatoms. The molecule has 1 amide bonds. The zero-order valence-corrected chi connectivity index (χ0v) is 19.9. The minimum absolute atomic E-state index is 0.0643. The molecular weight excluding hydrogens is 442 g/mol. The highest BCUT2D eigenvalue weighted by Crippen LogP contribution is 2.33. The number of hydrogen-bond donors (Lipinski definition) is 1. The Morgan fingerprint density at radius 3 is 2.30 bits per heavy atom. The molecule has 8 nitrogen and oxygen atoms in total. The number of nitrogens with zero attached hydrogens (tertiary/aromatic N) is 2. The number of carbonyl (C=O) groups is 1. The van der Waals surface area contributed by atoms with Gasteiger partial charge in [0.25, 0.3) is 0 Å². The highest BCUT2D eigenvalue weighted by molar-refractivity contribution is 7.89. The van der Waals surface area contributed by atoms with E-state index < -0.39 is 10.0 Å². The first kappa shape index (κ1) is 23.5. The van der Waals surface area contributed by atoms with Crippen molar-refractivity contribution in [2.24, 2.45) is 0 Å². The second-order valence-corrected chi connectivity index (χ2v) is 10.4. The summed E-state index contributed by atoms with van der Waals surface area (Å²) in [6.07, 6.45) is 0.759. The first-order valence-electron chi connectivity index (χ1n) is 11.4. The number of amides is 1. The molecule has 33 heavy (non-hydrogen) atoms. The Labute approximate surface area is 195 Å². The predicted molar refractivity (Wildman–Crippen MR) is 125 cm³/mol. The number of ether oxygens (including phenoxy) is 2. The molecule has 178 valence electrons. The number of fused-ring (bicyclic) bond motifs is 1. The maximum atomic E-state index is 13.2. The van der Waals surface area contributed by atoms with E-state index in [1.54, 1.807) is 18.2 Å². The first-order valence-corrected chi connectivity index (χ1v) is 12.8. The topological polar surface area (TPSA) is 88.2 Å². The van der Waals surface area contributed by atoms with Gasteiger partial charge in [0.2, 0.25) is 15.9 Å². The molecule has 0 bridgehead atoms. The van der Waals surface area contributed by atoms with Gasteiger partial charge in [0.15, 0.2) is 11.5 Å². The maximum Gasteiger partial charge on any atom is 0.243 e. The van der Waals surface area contributed by atoms with Crippen LogP contribution in [0.3, 0.4) is 0 Å². The SMILES string of the molecule is C[C@@H](NC(=O)[C@H](C)N1CCN(S(=O)(=O)c2ccc3c(c2)OCCCO3)CC1)c1ccccc1. The van der Waals surface area contributed by atoms with Crippen LogP contribution in [0.1, 0.15) is 31.9 Å². The average molecular weight is 474 g/mol. The van der Waals surface area contributed by atoms with E-state index in [-0.39, 0.29) is 22.9 Å². The molecule has 2 aliphatic heterocycles. The van der Waals surface area contributed by atoms with Gasteiger partial charge in [-0.2, -0.15) is 4.31 Å². The lowest BCUT2D eigenvalue weighted by Crippen LogP contribution is -2.55. The maximum absolute atomic E-state index is 13.2. The number of carbonyl (C=O) groups excluding carboxylic acids is 1. The summed E-state index contributed by atoms with van der Waals surface area (Å²) in [5.74, 6) is 0.969. The van der Waals surface area contributed by atoms with E-state index >= 15 is 0 Å². The lowest BCUT2D eigenvalue weighted by atomic mass is 10.1. The van der Waals surface area contributed by atoms with E-state index in [2.05, 4.69) is 5.32 Å². The molecular formula is C24H31N3O5S. The van der Waals surface area contributed by atoms with Crippen molar-refractivity contribution in [1.82, 2.24) is 14.5 Å². The molecule has 1 fully saturated rings. The summed E-state index contributed by atoms with van der Waals surface area (Å²) < 4.78 is 39.1. The van der Waals surface area contributed by atoms with E-state index in [9.17, 15) is 13.2 Å². The smallest absolute Gasteiger partial charge is 0.243 e. The van der Waals surface area contributed by atoms with E-state index in [1.807, 2.05) is 49.1 Å². The van der Waals surface area contributed by atoms with Gasteiger partial charge < -0.3 is 14.8 Å². The quantitative estimate of drug-likeness (QED) is 0.693. The van der Waals surface area contributed by atoms with Crippen LogP contribution in [-0.2, 0) is 14.8 Å². The fourth-order valence-electron chi connectivity index (χ4n) is 4.11. The van der Waals surface area contributed by atoms with Crippen molar-refractivity contribution in [3.05, 3.63) is 54.1 Å². The zero-order chi connectivity index (χ0) is 23.4. The fourth-order valence-corrected chi connectivity index (χ4v) is 5.55. The van der Waals surface area contributed by atoms with Gasteiger partial charge in [-0.05, 0) is 31.5 Å². The molecule has 0 radical (unpaired) electrons. The van der Waals surface area contributed by atoms with Crippen molar-refractivity contribution in [3.63, 3.8) is 0 Å². The monoisotopic (exact) mass is 473 g/mol. The van der Waals surface area contributed by atoms with Gasteiger partial charge in [-0.3, -0.25) is 9.69 Å². The molecule has 0 unspecified atom stereocenters. The molecule has 2 heterocycles. The van der Waals surface area contributed by atoms with Crippen LogP contribution in [0.25, 0.3) is 0 Å². The largest absolute Gasteiger partial charge is 0.490 e. The third-order valence-electron chi connectivity index (χ3n) is 6.22. The molecule has 0 aliphatic carbocycles. The Kier molecular flexibility index (Phi) is 7.21. The van der Waals surface area contributed by atoms with Crippen molar-refractivity contribution in [3.8, 4) is 11.5 Å². The molecule has 2 aromatic rings. The molecule has 0 aromatic heterocycles.